The molecule has 0 saturated carbocycles. The summed E-state index contributed by atoms with van der Waals surface area (Å²) in [5, 5.41) is 10.6. The largest absolute Gasteiger partial charge is 0.497 e. The quantitative estimate of drug-likeness (QED) is 0.246. The summed E-state index contributed by atoms with van der Waals surface area (Å²) in [6.45, 7) is 6.07. The molecule has 0 spiro atoms. The van der Waals surface area contributed by atoms with Gasteiger partial charge in [-0.3, -0.25) is 9.20 Å². The van der Waals surface area contributed by atoms with E-state index in [9.17, 15) is 4.79 Å². The second-order valence-electron chi connectivity index (χ2n) is 8.05. The Morgan fingerprint density at radius 3 is 2.52 bits per heavy atom. The van der Waals surface area contributed by atoms with Crippen LogP contribution in [0.2, 0.25) is 0 Å². The zero-order valence-electron chi connectivity index (χ0n) is 19.0. The van der Waals surface area contributed by atoms with Gasteiger partial charge in [0.15, 0.2) is 16.6 Å². The predicted molar refractivity (Wildman–Crippen MR) is 132 cm³/mol. The van der Waals surface area contributed by atoms with Gasteiger partial charge in [0.05, 0.1) is 18.4 Å². The van der Waals surface area contributed by atoms with Gasteiger partial charge in [-0.2, -0.15) is 0 Å². The number of methoxy groups -OCH3 is 1. The summed E-state index contributed by atoms with van der Waals surface area (Å²) in [6.07, 6.45) is 0. The van der Waals surface area contributed by atoms with Gasteiger partial charge in [0.1, 0.15) is 5.75 Å². The summed E-state index contributed by atoms with van der Waals surface area (Å²) in [5.41, 5.74) is 6.66. The highest BCUT2D eigenvalue weighted by Gasteiger charge is 2.19. The molecule has 6 nitrogen and oxygen atoms in total. The summed E-state index contributed by atoms with van der Waals surface area (Å²) in [4.78, 5) is 13.2. The van der Waals surface area contributed by atoms with Crippen molar-refractivity contribution in [1.82, 2.24) is 19.2 Å². The van der Waals surface area contributed by atoms with E-state index in [1.807, 2.05) is 66.8 Å². The number of hydrogen-bond acceptors (Lipinski definition) is 5. The van der Waals surface area contributed by atoms with Gasteiger partial charge >= 0.3 is 0 Å². The van der Waals surface area contributed by atoms with Gasteiger partial charge < -0.3 is 9.30 Å². The third kappa shape index (κ3) is 3.68. The first-order valence-electron chi connectivity index (χ1n) is 10.7. The van der Waals surface area contributed by atoms with Crippen molar-refractivity contribution in [2.45, 2.75) is 25.9 Å². The molecule has 3 aromatic heterocycles. The second-order valence-corrected chi connectivity index (χ2v) is 8.99. The van der Waals surface area contributed by atoms with E-state index in [-0.39, 0.29) is 11.5 Å². The number of nitrogens with zero attached hydrogens (tertiary/aromatic N) is 4. The highest BCUT2D eigenvalue weighted by Crippen LogP contribution is 2.28. The zero-order valence-corrected chi connectivity index (χ0v) is 19.8. The van der Waals surface area contributed by atoms with E-state index in [1.54, 1.807) is 7.11 Å². The number of hydrogen-bond donors (Lipinski definition) is 0. The number of fused-ring (bicyclic) bond motifs is 3. The smallest absolute Gasteiger partial charge is 0.196 e. The number of rotatable bonds is 6. The van der Waals surface area contributed by atoms with Crippen molar-refractivity contribution in [2.75, 3.05) is 12.9 Å². The van der Waals surface area contributed by atoms with Crippen LogP contribution in [-0.4, -0.2) is 37.8 Å². The molecular weight excluding hydrogens is 432 g/mol. The Labute approximate surface area is 196 Å². The molecule has 0 amide bonds. The lowest BCUT2D eigenvalue weighted by molar-refractivity contribution is 0.102. The zero-order chi connectivity index (χ0) is 23.1. The number of benzene rings is 2. The number of aryl methyl sites for hydroxylation is 2. The van der Waals surface area contributed by atoms with Crippen molar-refractivity contribution in [2.24, 2.45) is 0 Å². The van der Waals surface area contributed by atoms with Crippen LogP contribution in [0.25, 0.3) is 22.2 Å². The van der Waals surface area contributed by atoms with Gasteiger partial charge in [-0.25, -0.2) is 0 Å². The number of carbonyl (C=O) groups is 1. The van der Waals surface area contributed by atoms with E-state index in [1.165, 1.54) is 11.8 Å². The number of pyridine rings is 1. The van der Waals surface area contributed by atoms with E-state index in [2.05, 4.69) is 33.8 Å². The molecule has 0 bridgehead atoms. The van der Waals surface area contributed by atoms with Gasteiger partial charge in [0.25, 0.3) is 0 Å². The lowest BCUT2D eigenvalue weighted by atomic mass is 10.1. The molecule has 33 heavy (non-hydrogen) atoms. The third-order valence-electron chi connectivity index (χ3n) is 5.97. The maximum atomic E-state index is 13.2. The average molecular weight is 457 g/mol. The number of ketones is 1. The van der Waals surface area contributed by atoms with Crippen LogP contribution in [0.4, 0.5) is 0 Å². The van der Waals surface area contributed by atoms with E-state index in [0.717, 1.165) is 55.7 Å². The van der Waals surface area contributed by atoms with Crippen LogP contribution in [-0.2, 0) is 0 Å². The number of Topliss-reactive ketones (excluding diaryl/α,β-unsaturated/α-hetero) is 1. The molecule has 0 atom stereocenters. The Kier molecular flexibility index (Phi) is 5.42. The summed E-state index contributed by atoms with van der Waals surface area (Å²) >= 11 is 1.42. The van der Waals surface area contributed by atoms with Crippen LogP contribution in [0.15, 0.2) is 65.8 Å². The van der Waals surface area contributed by atoms with Gasteiger partial charge in [0.2, 0.25) is 0 Å². The van der Waals surface area contributed by atoms with Crippen molar-refractivity contribution in [3.8, 4) is 11.4 Å². The van der Waals surface area contributed by atoms with E-state index in [4.69, 9.17) is 4.74 Å². The molecule has 0 unspecified atom stereocenters. The molecule has 5 aromatic rings. The molecule has 0 aliphatic carbocycles. The summed E-state index contributed by atoms with van der Waals surface area (Å²) in [5.74, 6) is 1.16. The molecule has 7 heteroatoms. The van der Waals surface area contributed by atoms with Crippen molar-refractivity contribution >= 4 is 34.1 Å². The lowest BCUT2D eigenvalue weighted by Gasteiger charge is -2.10. The molecule has 0 N–H and O–H groups in total. The van der Waals surface area contributed by atoms with Crippen LogP contribution in [0.5, 0.6) is 5.75 Å². The Morgan fingerprint density at radius 1 is 1.00 bits per heavy atom. The minimum Gasteiger partial charge on any atom is -0.497 e. The molecule has 0 saturated heterocycles. The molecule has 5 rings (SSSR count). The van der Waals surface area contributed by atoms with Gasteiger partial charge in [-0.1, -0.05) is 30.0 Å². The van der Waals surface area contributed by atoms with E-state index >= 15 is 0 Å². The highest BCUT2D eigenvalue weighted by molar-refractivity contribution is 7.99. The fraction of sp³-hybridized carbons (Fsp3) is 0.192. The predicted octanol–water partition coefficient (Wildman–Crippen LogP) is 5.58. The topological polar surface area (TPSA) is 61.4 Å². The second kappa shape index (κ2) is 8.41. The molecular formula is C26H24N4O2S. The van der Waals surface area contributed by atoms with Crippen molar-refractivity contribution in [1.29, 1.82) is 0 Å². The molecule has 0 aliphatic heterocycles. The Balaban J connectivity index is 1.43. The van der Waals surface area contributed by atoms with Crippen LogP contribution >= 0.6 is 11.8 Å². The first kappa shape index (κ1) is 21.3. The monoisotopic (exact) mass is 456 g/mol. The molecule has 2 aromatic carbocycles. The average Bonchev–Trinajstić information content (AvgIpc) is 3.37. The Morgan fingerprint density at radius 2 is 1.76 bits per heavy atom. The Bertz CT molecular complexity index is 1500. The molecule has 0 aliphatic rings. The molecule has 166 valence electrons. The first-order chi connectivity index (χ1) is 16.0. The van der Waals surface area contributed by atoms with Crippen LogP contribution in [0.3, 0.4) is 0 Å². The van der Waals surface area contributed by atoms with Crippen molar-refractivity contribution in [3.63, 3.8) is 0 Å². The number of para-hydroxylation sites is 1. The summed E-state index contributed by atoms with van der Waals surface area (Å²) < 4.78 is 9.39. The third-order valence-corrected chi connectivity index (χ3v) is 6.90. The Hall–Kier alpha value is -3.58. The number of carbonyl (C=O) groups excluding carboxylic acids is 1. The van der Waals surface area contributed by atoms with Crippen LogP contribution < -0.4 is 4.74 Å². The number of aromatic nitrogens is 4. The maximum Gasteiger partial charge on any atom is 0.196 e. The SMILES string of the molecule is COc1ccc(-n2c(C)cc(C(=O)CSc3nnc4cc(C)c5ccccc5n34)c2C)cc1. The van der Waals surface area contributed by atoms with Crippen molar-refractivity contribution in [3.05, 3.63) is 83.2 Å². The molecule has 0 radical (unpaired) electrons. The summed E-state index contributed by atoms with van der Waals surface area (Å²) in [6, 6.07) is 20.0. The maximum absolute atomic E-state index is 13.2. The van der Waals surface area contributed by atoms with Crippen LogP contribution in [0.1, 0.15) is 27.3 Å². The lowest BCUT2D eigenvalue weighted by Crippen LogP contribution is -2.06. The highest BCUT2D eigenvalue weighted by atomic mass is 32.2. The standard InChI is InChI=1S/C26H24N4O2S/c1-16-13-25-27-28-26(30(25)23-8-6-5-7-21(16)23)33-15-24(31)22-14-17(2)29(18(22)3)19-9-11-20(32-4)12-10-19/h5-14H,15H2,1-4H3. The number of ether oxygens (including phenoxy) is 1. The normalized spacial score (nSPS) is 11.4. The fourth-order valence-electron chi connectivity index (χ4n) is 4.35. The minimum atomic E-state index is 0.0704. The van der Waals surface area contributed by atoms with E-state index < -0.39 is 0 Å². The molecule has 3 heterocycles. The van der Waals surface area contributed by atoms with E-state index in [0.29, 0.717) is 0 Å². The van der Waals surface area contributed by atoms with Crippen LogP contribution in [0, 0.1) is 20.8 Å². The number of thioether (sulfide) groups is 1. The van der Waals surface area contributed by atoms with Gasteiger partial charge in [0, 0.05) is 28.0 Å². The fourth-order valence-corrected chi connectivity index (χ4v) is 5.18. The first-order valence-corrected chi connectivity index (χ1v) is 11.7. The van der Waals surface area contributed by atoms with Gasteiger partial charge in [-0.05, 0) is 68.8 Å². The summed E-state index contributed by atoms with van der Waals surface area (Å²) in [7, 11) is 1.65. The van der Waals surface area contributed by atoms with Gasteiger partial charge in [-0.15, -0.1) is 10.2 Å². The minimum absolute atomic E-state index is 0.0704. The van der Waals surface area contributed by atoms with Crippen molar-refractivity contribution < 1.29 is 9.53 Å². The molecule has 0 fully saturated rings.